The first-order valence-electron chi connectivity index (χ1n) is 46.9. The standard InChI is InChI=1S/C31H27NO2S.C30H26N2O4S2.C28H23NO2S.C25H21NO4S/c33-27(19-21-15-16-21)28-20-24-17-18-32(26-14-8-7-13-25(26)30(24)35-28)31(34)29(22-9-3-1-4-10-22)23-11-5-2-6-12-23;33-27(18-20-10-11-20)28-19-22-16-17-32(26-9-5-4-8-25(26)29(22)37-28)30(34)21-12-14-23(15-13-21)31-38(35,36)24-6-2-1-3-7-24;30-25(15-18-9-10-18)26-17-21-13-14-29(24-8-4-3-7-23(24)27(21)32-26)28(31)22-12-11-19-5-1-2-6-20(19)16-22;27-20(11-15-5-6-15)23-13-16-9-10-26(19-4-2-1-3-18(19)24(16)31-23)25(28)17-7-8-21-22(12-17)30-14-29-21/h1-14,20-21,29H,15-19H2;1-9,12-15,19-20,31H,10-11,16-18H2;1-8,11-12,16-18H,9-10,13-15H2;1-4,7-8,12-13,15H,5-6,9-11,14H2. The Kier molecular flexibility index (Phi) is 25.3. The van der Waals surface area contributed by atoms with E-state index in [2.05, 4.69) is 41.1 Å². The highest BCUT2D eigenvalue weighted by atomic mass is 32.2. The van der Waals surface area contributed by atoms with Crippen LogP contribution >= 0.6 is 45.3 Å². The number of Topliss-reactive ketones (excluding diaryl/α,β-unsaturated/α-hetero) is 4. The maximum absolute atomic E-state index is 14.3. The molecule has 4 amide bonds. The van der Waals surface area contributed by atoms with Crippen molar-refractivity contribution in [1.82, 2.24) is 0 Å². The van der Waals surface area contributed by atoms with Crippen LogP contribution in [0.5, 0.6) is 11.5 Å². The Morgan fingerprint density at radius 1 is 0.324 bits per heavy atom. The Labute approximate surface area is 806 Å². The fourth-order valence-electron chi connectivity index (χ4n) is 18.8. The highest BCUT2D eigenvalue weighted by Gasteiger charge is 2.38. The summed E-state index contributed by atoms with van der Waals surface area (Å²) >= 11 is 6.29. The summed E-state index contributed by atoms with van der Waals surface area (Å²) in [6, 6.07) is 94.3. The molecule has 0 radical (unpaired) electrons. The molecule has 0 saturated heterocycles. The monoisotopic (exact) mass is 1890 g/mol. The first kappa shape index (κ1) is 89.0. The van der Waals surface area contributed by atoms with Gasteiger partial charge in [0.1, 0.15) is 0 Å². The normalized spacial score (nSPS) is 15.3. The molecule has 680 valence electrons. The maximum Gasteiger partial charge on any atom is 0.261 e. The van der Waals surface area contributed by atoms with Crippen molar-refractivity contribution in [2.45, 2.75) is 114 Å². The van der Waals surface area contributed by atoms with Crippen LogP contribution in [0.3, 0.4) is 0 Å². The number of thiophene rings is 4. The van der Waals surface area contributed by atoms with Gasteiger partial charge < -0.3 is 29.1 Å². The molecule has 4 fully saturated rings. The zero-order chi connectivity index (χ0) is 92.7. The van der Waals surface area contributed by atoms with Crippen molar-refractivity contribution >= 4 is 141 Å². The van der Waals surface area contributed by atoms with Gasteiger partial charge in [0.15, 0.2) is 34.6 Å². The molecule has 0 unspecified atom stereocenters. The molecule has 0 atom stereocenters. The quantitative estimate of drug-likeness (QED) is 0.0665. The molecule has 17 nitrogen and oxygen atoms in total. The van der Waals surface area contributed by atoms with E-state index in [1.165, 1.54) is 73.1 Å². The lowest BCUT2D eigenvalue weighted by Gasteiger charge is -2.28. The van der Waals surface area contributed by atoms with Gasteiger partial charge in [-0.1, -0.05) is 182 Å². The lowest BCUT2D eigenvalue weighted by atomic mass is 9.89. The molecule has 1 N–H and O–H groups in total. The Bertz CT molecular complexity index is 7250. The predicted octanol–water partition coefficient (Wildman–Crippen LogP) is 25.6. The van der Waals surface area contributed by atoms with Crippen LogP contribution in [0.25, 0.3) is 52.5 Å². The molecule has 22 heteroatoms. The van der Waals surface area contributed by atoms with E-state index in [-0.39, 0.29) is 64.4 Å². The molecular weight excluding hydrogens is 1790 g/mol. The third-order valence-corrected chi connectivity index (χ3v) is 33.2. The van der Waals surface area contributed by atoms with Gasteiger partial charge >= 0.3 is 0 Å². The Morgan fingerprint density at radius 2 is 0.647 bits per heavy atom. The highest BCUT2D eigenvalue weighted by Crippen LogP contribution is 2.50. The zero-order valence-electron chi connectivity index (χ0n) is 74.8. The SMILES string of the molecule is O=C(CC1CC1)c1cc2c(s1)-c1ccccc1N(C(=O)C(c1ccccc1)c1ccccc1)CC2.O=C(CC1CC1)c1cc2c(s1)-c1ccccc1N(C(=O)c1ccc(NS(=O)(=O)c3ccccc3)cc1)CC2.O=C(CC1CC1)c1cc2c(s1)-c1ccccc1N(C(=O)c1ccc3c(c1)OCO3)CC2.O=C(CC1CC1)c1cc2c(s1)-c1ccccc1N(C(=O)c1ccc3ccccc3c1)CC2. The number of ether oxygens (including phenoxy) is 2. The van der Waals surface area contributed by atoms with Gasteiger partial charge in [0.25, 0.3) is 27.7 Å². The van der Waals surface area contributed by atoms with Gasteiger partial charge in [-0.05, 0) is 260 Å². The van der Waals surface area contributed by atoms with Crippen molar-refractivity contribution in [3.8, 4) is 53.3 Å². The molecule has 9 heterocycles. The van der Waals surface area contributed by atoms with Crippen molar-refractivity contribution in [3.05, 3.63) is 367 Å². The summed E-state index contributed by atoms with van der Waals surface area (Å²) in [6.45, 7) is 2.42. The third-order valence-electron chi connectivity index (χ3n) is 26.8. The van der Waals surface area contributed by atoms with Crippen LogP contribution in [0.2, 0.25) is 0 Å². The van der Waals surface area contributed by atoms with E-state index in [0.29, 0.717) is 122 Å². The number of amides is 4. The molecule has 4 aliphatic carbocycles. The largest absolute Gasteiger partial charge is 0.454 e. The second-order valence-corrected chi connectivity index (χ2v) is 42.3. The second kappa shape index (κ2) is 38.6. The van der Waals surface area contributed by atoms with Crippen molar-refractivity contribution in [1.29, 1.82) is 0 Å². The zero-order valence-corrected chi connectivity index (χ0v) is 78.8. The summed E-state index contributed by atoms with van der Waals surface area (Å²) in [4.78, 5) is 121. The summed E-state index contributed by atoms with van der Waals surface area (Å²) in [5.74, 6) is 4.08. The van der Waals surface area contributed by atoms with Gasteiger partial charge in [-0.25, -0.2) is 8.42 Å². The predicted molar refractivity (Wildman–Crippen MR) is 543 cm³/mol. The summed E-state index contributed by atoms with van der Waals surface area (Å²) in [7, 11) is -3.72. The summed E-state index contributed by atoms with van der Waals surface area (Å²) in [5, 5.41) is 2.20. The van der Waals surface area contributed by atoms with Gasteiger partial charge in [-0.15, -0.1) is 45.3 Å². The van der Waals surface area contributed by atoms with Crippen LogP contribution in [-0.4, -0.2) is 88.2 Å². The Morgan fingerprint density at radius 3 is 1.05 bits per heavy atom. The number of benzene rings is 11. The van der Waals surface area contributed by atoms with E-state index >= 15 is 0 Å². The van der Waals surface area contributed by atoms with E-state index in [0.717, 1.165) is 143 Å². The van der Waals surface area contributed by atoms with Gasteiger partial charge in [0.2, 0.25) is 12.7 Å². The van der Waals surface area contributed by atoms with E-state index in [1.54, 1.807) is 99.6 Å². The molecule has 15 aromatic rings. The minimum Gasteiger partial charge on any atom is -0.454 e. The molecule has 0 spiro atoms. The van der Waals surface area contributed by atoms with E-state index in [1.807, 2.05) is 203 Å². The molecule has 5 aliphatic heterocycles. The van der Waals surface area contributed by atoms with Gasteiger partial charge in [-0.3, -0.25) is 43.1 Å². The number of hydrogen-bond donors (Lipinski definition) is 1. The number of fused-ring (bicyclic) bond motifs is 14. The summed E-state index contributed by atoms with van der Waals surface area (Å²) < 4.78 is 38.7. The first-order valence-corrected chi connectivity index (χ1v) is 51.6. The third kappa shape index (κ3) is 19.3. The minimum atomic E-state index is -3.72. The number of para-hydroxylation sites is 4. The molecular formula is C114H97N5O12S5. The number of carbonyl (C=O) groups excluding carboxylic acids is 8. The van der Waals surface area contributed by atoms with E-state index in [4.69, 9.17) is 9.47 Å². The van der Waals surface area contributed by atoms with Crippen molar-refractivity contribution < 1.29 is 56.2 Å². The molecule has 0 bridgehead atoms. The molecule has 9 aliphatic rings. The van der Waals surface area contributed by atoms with Gasteiger partial charge in [0, 0.05) is 116 Å². The number of sulfonamides is 1. The molecule has 4 aromatic heterocycles. The Hall–Kier alpha value is -13.6. The topological polar surface area (TPSA) is 214 Å². The average Bonchev–Trinajstić information content (AvgIpc) is 1.61. The number of hydrogen-bond acceptors (Lipinski definition) is 16. The smallest absolute Gasteiger partial charge is 0.261 e. The lowest BCUT2D eigenvalue weighted by Crippen LogP contribution is -2.37. The van der Waals surface area contributed by atoms with Crippen LogP contribution in [0.15, 0.2) is 302 Å². The second-order valence-electron chi connectivity index (χ2n) is 36.5. The fraction of sp³-hybridized carbons (Fsp3) is 0.228. The molecule has 4 saturated carbocycles. The van der Waals surface area contributed by atoms with Crippen LogP contribution in [0, 0.1) is 23.7 Å². The molecule has 24 rings (SSSR count). The molecule has 136 heavy (non-hydrogen) atoms. The number of rotatable bonds is 21. The van der Waals surface area contributed by atoms with Crippen LogP contribution in [0.4, 0.5) is 28.4 Å². The number of nitrogens with zero attached hydrogens (tertiary/aromatic N) is 4. The van der Waals surface area contributed by atoms with Crippen LogP contribution in [0.1, 0.15) is 186 Å². The minimum absolute atomic E-state index is 0.0170. The molecule has 11 aromatic carbocycles. The van der Waals surface area contributed by atoms with Gasteiger partial charge in [0.05, 0.1) is 53.1 Å². The summed E-state index contributed by atoms with van der Waals surface area (Å²) in [6.07, 6.45) is 14.9. The van der Waals surface area contributed by atoms with Crippen LogP contribution in [-0.2, 0) is 40.5 Å². The highest BCUT2D eigenvalue weighted by molar-refractivity contribution is 7.92. The Balaban J connectivity index is 0.000000109. The first-order chi connectivity index (χ1) is 66.4. The number of anilines is 5. The van der Waals surface area contributed by atoms with Crippen molar-refractivity contribution in [2.24, 2.45) is 23.7 Å². The van der Waals surface area contributed by atoms with Gasteiger partial charge in [-0.2, -0.15) is 0 Å². The number of nitrogens with one attached hydrogen (secondary N) is 1. The van der Waals surface area contributed by atoms with Crippen molar-refractivity contribution in [2.75, 3.05) is 57.3 Å². The van der Waals surface area contributed by atoms with E-state index < -0.39 is 10.0 Å². The number of carbonyl (C=O) groups is 8. The van der Waals surface area contributed by atoms with Crippen LogP contribution < -0.4 is 33.8 Å². The average molecular weight is 1890 g/mol. The fourth-order valence-corrected chi connectivity index (χ4v) is 24.6. The number of ketones is 4. The lowest BCUT2D eigenvalue weighted by molar-refractivity contribution is -0.119. The maximum atomic E-state index is 14.3. The van der Waals surface area contributed by atoms with E-state index in [9.17, 15) is 46.8 Å². The summed E-state index contributed by atoms with van der Waals surface area (Å²) in [5.41, 5.74) is 16.3. The van der Waals surface area contributed by atoms with Crippen molar-refractivity contribution in [3.63, 3.8) is 0 Å².